The zero-order valence-corrected chi connectivity index (χ0v) is 31.0. The molecule has 3 saturated heterocycles. The average molecular weight is 795 g/mol. The molecule has 53 heavy (non-hydrogen) atoms. The SMILES string of the molecule is CC(C)Oc1cc([C@H](Cc2c(Cl)c[n+](O)cc2Cl)c2sc(CN(C(=O)O[C@H]3CN4CCC3CC4)c3ccccc3F)cc2C(=O)[O-])ccc1OC(F)F. The second-order valence-corrected chi connectivity index (χ2v) is 15.2. The van der Waals surface area contributed by atoms with Gasteiger partial charge >= 0.3 is 12.7 Å². The fraction of sp³-hybridized carbons (Fsp3) is 0.378. The van der Waals surface area contributed by atoms with Gasteiger partial charge in [-0.3, -0.25) is 15.0 Å². The minimum Gasteiger partial charge on any atom is -0.545 e. The van der Waals surface area contributed by atoms with Crippen LogP contribution in [0, 0.1) is 11.7 Å². The van der Waals surface area contributed by atoms with Crippen LogP contribution < -0.4 is 24.2 Å². The van der Waals surface area contributed by atoms with Crippen LogP contribution in [0.2, 0.25) is 10.0 Å². The van der Waals surface area contributed by atoms with E-state index < -0.39 is 36.5 Å². The highest BCUT2D eigenvalue weighted by atomic mass is 35.5. The zero-order chi connectivity index (χ0) is 38.0. The van der Waals surface area contributed by atoms with Gasteiger partial charge in [-0.05, 0) is 88.0 Å². The van der Waals surface area contributed by atoms with Crippen LogP contribution in [-0.2, 0) is 17.7 Å². The smallest absolute Gasteiger partial charge is 0.415 e. The number of hydrogen-bond donors (Lipinski definition) is 1. The number of aromatic carboxylic acids is 1. The van der Waals surface area contributed by atoms with Crippen molar-refractivity contribution in [1.82, 2.24) is 4.90 Å². The Kier molecular flexibility index (Phi) is 11.9. The van der Waals surface area contributed by atoms with Gasteiger partial charge in [0.25, 0.3) is 0 Å². The molecule has 5 heterocycles. The maximum atomic E-state index is 15.3. The first-order valence-electron chi connectivity index (χ1n) is 16.9. The number of rotatable bonds is 13. The van der Waals surface area contributed by atoms with Crippen molar-refractivity contribution in [2.45, 2.75) is 64.4 Å². The third kappa shape index (κ3) is 8.94. The summed E-state index contributed by atoms with van der Waals surface area (Å²) < 4.78 is 59.2. The second-order valence-electron chi connectivity index (χ2n) is 13.2. The highest BCUT2D eigenvalue weighted by molar-refractivity contribution is 7.12. The fourth-order valence-electron chi connectivity index (χ4n) is 6.85. The van der Waals surface area contributed by atoms with Crippen molar-refractivity contribution < 1.29 is 52.0 Å². The summed E-state index contributed by atoms with van der Waals surface area (Å²) in [7, 11) is 0. The molecule has 0 unspecified atom stereocenters. The summed E-state index contributed by atoms with van der Waals surface area (Å²) in [6.07, 6.45) is 2.55. The monoisotopic (exact) mass is 793 g/mol. The number of carboxylic acid groups (broad SMARTS) is 1. The molecule has 3 aliphatic heterocycles. The Balaban J connectivity index is 1.43. The molecule has 7 rings (SSSR count). The van der Waals surface area contributed by atoms with Crippen LogP contribution in [0.15, 0.2) is 60.9 Å². The Morgan fingerprint density at radius 3 is 2.36 bits per heavy atom. The van der Waals surface area contributed by atoms with Crippen molar-refractivity contribution in [1.29, 1.82) is 0 Å². The predicted molar refractivity (Wildman–Crippen MR) is 189 cm³/mol. The number of ether oxygens (including phenoxy) is 3. The number of carbonyl (C=O) groups is 2. The summed E-state index contributed by atoms with van der Waals surface area (Å²) in [5.74, 6) is -3.15. The first-order chi connectivity index (χ1) is 25.3. The van der Waals surface area contributed by atoms with Gasteiger partial charge in [0, 0.05) is 38.1 Å². The third-order valence-corrected chi connectivity index (χ3v) is 11.2. The number of hydrogen-bond acceptors (Lipinski definition) is 9. The minimum atomic E-state index is -3.14. The van der Waals surface area contributed by atoms with Crippen molar-refractivity contribution in [3.8, 4) is 11.5 Å². The van der Waals surface area contributed by atoms with Gasteiger partial charge in [-0.15, -0.1) is 11.3 Å². The Morgan fingerprint density at radius 1 is 1.06 bits per heavy atom. The van der Waals surface area contributed by atoms with E-state index in [1.54, 1.807) is 19.9 Å². The molecule has 1 amide bonds. The molecule has 3 aliphatic rings. The average Bonchev–Trinajstić information content (AvgIpc) is 3.52. The number of para-hydroxylation sites is 1. The van der Waals surface area contributed by atoms with E-state index in [4.69, 9.17) is 37.4 Å². The van der Waals surface area contributed by atoms with Gasteiger partial charge in [-0.1, -0.05) is 41.4 Å². The summed E-state index contributed by atoms with van der Waals surface area (Å²) in [5.41, 5.74) is 0.481. The van der Waals surface area contributed by atoms with Crippen LogP contribution in [0.25, 0.3) is 0 Å². The van der Waals surface area contributed by atoms with Gasteiger partial charge in [0.05, 0.1) is 24.3 Å². The Hall–Kier alpha value is -4.24. The number of piperidine rings is 3. The van der Waals surface area contributed by atoms with E-state index in [2.05, 4.69) is 4.90 Å². The molecule has 0 saturated carbocycles. The summed E-state index contributed by atoms with van der Waals surface area (Å²) in [4.78, 5) is 30.6. The van der Waals surface area contributed by atoms with E-state index in [1.165, 1.54) is 54.9 Å². The highest BCUT2D eigenvalue weighted by Gasteiger charge is 2.38. The number of pyridine rings is 1. The zero-order valence-electron chi connectivity index (χ0n) is 28.6. The number of carbonyl (C=O) groups excluding carboxylic acids is 2. The molecule has 0 radical (unpaired) electrons. The molecule has 0 spiro atoms. The van der Waals surface area contributed by atoms with E-state index in [1.807, 2.05) is 0 Å². The quantitative estimate of drug-likeness (QED) is 0.113. The van der Waals surface area contributed by atoms with E-state index >= 15 is 4.39 Å². The Labute approximate surface area is 317 Å². The topological polar surface area (TPSA) is 115 Å². The lowest BCUT2D eigenvalue weighted by Gasteiger charge is -2.44. The lowest BCUT2D eigenvalue weighted by Crippen LogP contribution is -2.53. The van der Waals surface area contributed by atoms with Crippen molar-refractivity contribution in [3.63, 3.8) is 0 Å². The van der Waals surface area contributed by atoms with Crippen LogP contribution in [0.4, 0.5) is 23.7 Å². The Bertz CT molecular complexity index is 1950. The van der Waals surface area contributed by atoms with Crippen molar-refractivity contribution in [2.75, 3.05) is 24.5 Å². The molecule has 10 nitrogen and oxygen atoms in total. The molecular formula is C37H36Cl2F3N3O7S. The predicted octanol–water partition coefficient (Wildman–Crippen LogP) is 7.08. The number of halogens is 5. The number of amides is 1. The molecule has 3 fully saturated rings. The number of nitrogens with zero attached hydrogens (tertiary/aromatic N) is 3. The highest BCUT2D eigenvalue weighted by Crippen LogP contribution is 2.43. The number of benzene rings is 2. The largest absolute Gasteiger partial charge is 0.545 e. The van der Waals surface area contributed by atoms with E-state index in [0.29, 0.717) is 27.3 Å². The van der Waals surface area contributed by atoms with Crippen LogP contribution in [0.5, 0.6) is 11.5 Å². The van der Waals surface area contributed by atoms with Crippen molar-refractivity contribution in [3.05, 3.63) is 103 Å². The number of fused-ring (bicyclic) bond motifs is 3. The van der Waals surface area contributed by atoms with E-state index in [-0.39, 0.29) is 62.7 Å². The molecule has 16 heteroatoms. The van der Waals surface area contributed by atoms with Gasteiger partial charge < -0.3 is 24.1 Å². The molecule has 4 aromatic rings. The first kappa shape index (κ1) is 38.5. The van der Waals surface area contributed by atoms with Crippen LogP contribution in [-0.4, -0.2) is 60.6 Å². The van der Waals surface area contributed by atoms with E-state index in [0.717, 1.165) is 42.2 Å². The number of anilines is 1. The maximum absolute atomic E-state index is 15.3. The molecule has 1 N–H and O–H groups in total. The molecular weight excluding hydrogens is 758 g/mol. The molecule has 2 aromatic heterocycles. The van der Waals surface area contributed by atoms with Gasteiger partial charge in [-0.2, -0.15) is 8.78 Å². The summed E-state index contributed by atoms with van der Waals surface area (Å²) in [6.45, 7) is 2.43. The van der Waals surface area contributed by atoms with Crippen molar-refractivity contribution in [2.24, 2.45) is 5.92 Å². The standard InChI is InChI=1S/C37H36Cl2F3N3O7S/c1-20(2)50-32-13-22(7-8-31(32)51-36(41)42)24(15-25-27(38)17-44(49)18-28(25)39)34-26(35(46)47)14-23(53-34)16-45(30-6-4-3-5-29(30)40)37(48)52-33-19-43-11-9-21(33)10-12-43/h3-8,13-14,17-18,20-21,24,33,36H,9-12,15-16,19H2,1-2H3,(H-,46,47,49)/t24-,33-/m0/s1. The minimum absolute atomic E-state index is 0.0192. The number of carboxylic acids is 1. The normalized spacial score (nSPS) is 18.6. The molecule has 2 aromatic carbocycles. The summed E-state index contributed by atoms with van der Waals surface area (Å²) in [5, 5.41) is 22.9. The molecule has 2 atom stereocenters. The Morgan fingerprint density at radius 2 is 1.75 bits per heavy atom. The molecule has 282 valence electrons. The molecule has 2 bridgehead atoms. The maximum Gasteiger partial charge on any atom is 0.415 e. The first-order valence-corrected chi connectivity index (χ1v) is 18.5. The summed E-state index contributed by atoms with van der Waals surface area (Å²) in [6, 6.07) is 11.3. The van der Waals surface area contributed by atoms with Gasteiger partial charge in [0.2, 0.25) is 12.4 Å². The summed E-state index contributed by atoms with van der Waals surface area (Å²) >= 11 is 14.1. The number of thiophene rings is 1. The number of aromatic nitrogens is 1. The van der Waals surface area contributed by atoms with Crippen LogP contribution in [0.3, 0.4) is 0 Å². The second kappa shape index (κ2) is 16.4. The number of alkyl halides is 2. The van der Waals surface area contributed by atoms with Gasteiger partial charge in [0.1, 0.15) is 22.0 Å². The molecule has 0 aliphatic carbocycles. The lowest BCUT2D eigenvalue weighted by atomic mass is 9.86. The lowest BCUT2D eigenvalue weighted by molar-refractivity contribution is -0.904. The fourth-order valence-corrected chi connectivity index (χ4v) is 8.72. The third-order valence-electron chi connectivity index (χ3n) is 9.30. The van der Waals surface area contributed by atoms with Crippen molar-refractivity contribution >= 4 is 52.3 Å². The van der Waals surface area contributed by atoms with Gasteiger partial charge in [0.15, 0.2) is 11.5 Å². The van der Waals surface area contributed by atoms with Crippen LogP contribution >= 0.6 is 34.5 Å². The van der Waals surface area contributed by atoms with Crippen LogP contribution in [0.1, 0.15) is 63.8 Å². The van der Waals surface area contributed by atoms with E-state index in [9.17, 15) is 28.7 Å². The van der Waals surface area contributed by atoms with Gasteiger partial charge in [-0.25, -0.2) is 9.18 Å².